The zero-order valence-electron chi connectivity index (χ0n) is 11.0. The Labute approximate surface area is 107 Å². The lowest BCUT2D eigenvalue weighted by Crippen LogP contribution is -2.30. The van der Waals surface area contributed by atoms with Crippen LogP contribution in [0.5, 0.6) is 0 Å². The van der Waals surface area contributed by atoms with Crippen molar-refractivity contribution in [1.82, 2.24) is 9.78 Å². The first kappa shape index (κ1) is 12.9. The van der Waals surface area contributed by atoms with Gasteiger partial charge in [-0.05, 0) is 31.1 Å². The number of nitrogens with two attached hydrogens (primary N) is 1. The molecular formula is C13H21N3O2. The second-order valence-electron chi connectivity index (χ2n) is 5.35. The molecule has 5 heteroatoms. The summed E-state index contributed by atoms with van der Waals surface area (Å²) in [7, 11) is 0. The van der Waals surface area contributed by atoms with Crippen LogP contribution in [0.1, 0.15) is 33.1 Å². The van der Waals surface area contributed by atoms with Crippen molar-refractivity contribution in [2.75, 3.05) is 5.73 Å². The molecule has 0 amide bonds. The summed E-state index contributed by atoms with van der Waals surface area (Å²) < 4.78 is 6.99. The van der Waals surface area contributed by atoms with Crippen molar-refractivity contribution >= 4 is 11.7 Å². The molecule has 0 aliphatic heterocycles. The first-order valence-electron chi connectivity index (χ1n) is 6.52. The molecule has 3 atom stereocenters. The van der Waals surface area contributed by atoms with Crippen molar-refractivity contribution in [3.63, 3.8) is 0 Å². The van der Waals surface area contributed by atoms with Crippen molar-refractivity contribution in [3.05, 3.63) is 12.4 Å². The van der Waals surface area contributed by atoms with E-state index in [4.69, 9.17) is 10.5 Å². The van der Waals surface area contributed by atoms with Crippen LogP contribution in [0.15, 0.2) is 12.4 Å². The van der Waals surface area contributed by atoms with Crippen LogP contribution in [0, 0.1) is 11.8 Å². The van der Waals surface area contributed by atoms with Gasteiger partial charge in [-0.3, -0.25) is 9.48 Å². The zero-order chi connectivity index (χ0) is 13.1. The van der Waals surface area contributed by atoms with Gasteiger partial charge >= 0.3 is 5.97 Å². The van der Waals surface area contributed by atoms with Crippen LogP contribution >= 0.6 is 0 Å². The topological polar surface area (TPSA) is 70.1 Å². The summed E-state index contributed by atoms with van der Waals surface area (Å²) in [5.41, 5.74) is 6.09. The van der Waals surface area contributed by atoms with E-state index in [2.05, 4.69) is 18.9 Å². The molecule has 1 aromatic heterocycles. The first-order valence-corrected chi connectivity index (χ1v) is 6.52. The minimum Gasteiger partial charge on any atom is -0.461 e. The molecule has 0 saturated heterocycles. The van der Waals surface area contributed by atoms with E-state index in [9.17, 15) is 4.79 Å². The summed E-state index contributed by atoms with van der Waals surface area (Å²) in [6.45, 7) is 4.62. The Bertz CT molecular complexity index is 416. The zero-order valence-corrected chi connectivity index (χ0v) is 11.0. The number of ether oxygens (including phenoxy) is 1. The van der Waals surface area contributed by atoms with Crippen molar-refractivity contribution in [2.45, 2.75) is 45.8 Å². The highest BCUT2D eigenvalue weighted by atomic mass is 16.5. The first-order chi connectivity index (χ1) is 8.54. The predicted molar refractivity (Wildman–Crippen MR) is 68.7 cm³/mol. The van der Waals surface area contributed by atoms with Crippen LogP contribution in [0.4, 0.5) is 5.69 Å². The van der Waals surface area contributed by atoms with Gasteiger partial charge in [-0.2, -0.15) is 5.10 Å². The minimum atomic E-state index is -0.232. The fraction of sp³-hybridized carbons (Fsp3) is 0.692. The SMILES string of the molecule is CC1CCC(OC(=O)Cn2cc(N)cn2)CC1C. The van der Waals surface area contributed by atoms with Gasteiger partial charge in [-0.1, -0.05) is 13.8 Å². The molecule has 1 aliphatic carbocycles. The molecule has 0 radical (unpaired) electrons. The minimum absolute atomic E-state index is 0.0663. The number of nitrogen functional groups attached to an aromatic ring is 1. The van der Waals surface area contributed by atoms with Crippen LogP contribution < -0.4 is 5.73 Å². The van der Waals surface area contributed by atoms with E-state index in [0.29, 0.717) is 11.6 Å². The highest BCUT2D eigenvalue weighted by Gasteiger charge is 2.26. The standard InChI is InChI=1S/C13H21N3O2/c1-9-3-4-12(5-10(9)2)18-13(17)8-16-7-11(14)6-15-16/h6-7,9-10,12H,3-5,8,14H2,1-2H3. The number of rotatable bonds is 3. The fourth-order valence-corrected chi connectivity index (χ4v) is 2.43. The van der Waals surface area contributed by atoms with Crippen LogP contribution in [-0.4, -0.2) is 21.9 Å². The number of esters is 1. The Hall–Kier alpha value is -1.52. The summed E-state index contributed by atoms with van der Waals surface area (Å²) in [6.07, 6.45) is 6.29. The quantitative estimate of drug-likeness (QED) is 0.832. The number of aromatic nitrogens is 2. The third-order valence-corrected chi connectivity index (χ3v) is 3.79. The Balaban J connectivity index is 1.81. The Morgan fingerprint density at radius 2 is 2.28 bits per heavy atom. The van der Waals surface area contributed by atoms with Crippen molar-refractivity contribution < 1.29 is 9.53 Å². The van der Waals surface area contributed by atoms with Crippen LogP contribution in [0.3, 0.4) is 0 Å². The van der Waals surface area contributed by atoms with Crippen LogP contribution in [0.2, 0.25) is 0 Å². The van der Waals surface area contributed by atoms with Gasteiger partial charge in [0.05, 0.1) is 11.9 Å². The maximum Gasteiger partial charge on any atom is 0.328 e. The second-order valence-corrected chi connectivity index (χ2v) is 5.35. The lowest BCUT2D eigenvalue weighted by molar-refractivity contribution is -0.152. The maximum atomic E-state index is 11.8. The van der Waals surface area contributed by atoms with Crippen LogP contribution in [-0.2, 0) is 16.1 Å². The molecule has 100 valence electrons. The van der Waals surface area contributed by atoms with Gasteiger partial charge in [-0.25, -0.2) is 0 Å². The molecule has 1 saturated carbocycles. The normalized spacial score (nSPS) is 28.0. The van der Waals surface area contributed by atoms with E-state index in [-0.39, 0.29) is 18.6 Å². The molecule has 0 spiro atoms. The van der Waals surface area contributed by atoms with Crippen molar-refractivity contribution in [3.8, 4) is 0 Å². The van der Waals surface area contributed by atoms with Crippen molar-refractivity contribution in [1.29, 1.82) is 0 Å². The molecule has 1 aromatic rings. The summed E-state index contributed by atoms with van der Waals surface area (Å²) in [5, 5.41) is 3.97. The lowest BCUT2D eigenvalue weighted by atomic mass is 9.80. The Kier molecular flexibility index (Phi) is 3.89. The number of nitrogens with zero attached hydrogens (tertiary/aromatic N) is 2. The number of anilines is 1. The largest absolute Gasteiger partial charge is 0.461 e. The van der Waals surface area contributed by atoms with E-state index in [0.717, 1.165) is 25.2 Å². The van der Waals surface area contributed by atoms with Gasteiger partial charge in [0, 0.05) is 6.20 Å². The van der Waals surface area contributed by atoms with E-state index >= 15 is 0 Å². The summed E-state index contributed by atoms with van der Waals surface area (Å²) in [5.74, 6) is 1.12. The summed E-state index contributed by atoms with van der Waals surface area (Å²) >= 11 is 0. The highest BCUT2D eigenvalue weighted by molar-refractivity contribution is 5.69. The molecule has 2 rings (SSSR count). The Morgan fingerprint density at radius 1 is 1.50 bits per heavy atom. The fourth-order valence-electron chi connectivity index (χ4n) is 2.43. The van der Waals surface area contributed by atoms with Gasteiger partial charge < -0.3 is 10.5 Å². The molecule has 0 aromatic carbocycles. The monoisotopic (exact) mass is 251 g/mol. The second kappa shape index (κ2) is 5.42. The lowest BCUT2D eigenvalue weighted by Gasteiger charge is -2.31. The molecular weight excluding hydrogens is 230 g/mol. The number of hydrogen-bond acceptors (Lipinski definition) is 4. The molecule has 1 fully saturated rings. The van der Waals surface area contributed by atoms with Gasteiger partial charge in [-0.15, -0.1) is 0 Å². The summed E-state index contributed by atoms with van der Waals surface area (Å²) in [4.78, 5) is 11.8. The Morgan fingerprint density at radius 3 is 2.89 bits per heavy atom. The molecule has 1 heterocycles. The molecule has 18 heavy (non-hydrogen) atoms. The number of carbonyl (C=O) groups is 1. The molecule has 1 aliphatic rings. The molecule has 2 N–H and O–H groups in total. The smallest absolute Gasteiger partial charge is 0.328 e. The highest BCUT2D eigenvalue weighted by Crippen LogP contribution is 2.30. The maximum absolute atomic E-state index is 11.8. The van der Waals surface area contributed by atoms with Gasteiger partial charge in [0.1, 0.15) is 12.6 Å². The van der Waals surface area contributed by atoms with Crippen molar-refractivity contribution in [2.24, 2.45) is 11.8 Å². The van der Waals surface area contributed by atoms with E-state index in [1.807, 2.05) is 0 Å². The average Bonchev–Trinajstić information content (AvgIpc) is 2.69. The predicted octanol–water partition coefficient (Wildman–Crippen LogP) is 1.83. The number of hydrogen-bond donors (Lipinski definition) is 1. The van der Waals surface area contributed by atoms with E-state index in [1.165, 1.54) is 10.9 Å². The molecule has 3 unspecified atom stereocenters. The average molecular weight is 251 g/mol. The third-order valence-electron chi connectivity index (χ3n) is 3.79. The van der Waals surface area contributed by atoms with Gasteiger partial charge in [0.25, 0.3) is 0 Å². The summed E-state index contributed by atoms with van der Waals surface area (Å²) in [6, 6.07) is 0. The van der Waals surface area contributed by atoms with Gasteiger partial charge in [0.15, 0.2) is 0 Å². The molecule has 0 bridgehead atoms. The van der Waals surface area contributed by atoms with E-state index < -0.39 is 0 Å². The molecule has 5 nitrogen and oxygen atoms in total. The van der Waals surface area contributed by atoms with Crippen LogP contribution in [0.25, 0.3) is 0 Å². The third kappa shape index (κ3) is 3.24. The van der Waals surface area contributed by atoms with Gasteiger partial charge in [0.2, 0.25) is 0 Å². The number of carbonyl (C=O) groups excluding carboxylic acids is 1. The van der Waals surface area contributed by atoms with E-state index in [1.54, 1.807) is 6.20 Å².